The maximum Gasteiger partial charge on any atom is 0.338 e. The Hall–Kier alpha value is -3.22. The Morgan fingerprint density at radius 2 is 1.78 bits per heavy atom. The minimum absolute atomic E-state index is 0.152. The molecule has 1 saturated heterocycles. The lowest BCUT2D eigenvalue weighted by atomic mass is 10.1. The summed E-state index contributed by atoms with van der Waals surface area (Å²) in [6, 6.07) is 9.49. The summed E-state index contributed by atoms with van der Waals surface area (Å²) in [7, 11) is 0. The third kappa shape index (κ3) is 4.49. The Balaban J connectivity index is 1.68. The van der Waals surface area contributed by atoms with Crippen molar-refractivity contribution in [1.29, 1.82) is 0 Å². The van der Waals surface area contributed by atoms with Crippen molar-refractivity contribution in [1.82, 2.24) is 9.88 Å². The third-order valence-electron chi connectivity index (χ3n) is 4.29. The van der Waals surface area contributed by atoms with Gasteiger partial charge in [0.1, 0.15) is 5.69 Å². The molecule has 0 aliphatic carbocycles. The summed E-state index contributed by atoms with van der Waals surface area (Å²) in [5.41, 5.74) is 1.57. The molecule has 7 nitrogen and oxygen atoms in total. The summed E-state index contributed by atoms with van der Waals surface area (Å²) in [5.74, 6) is -0.910. The van der Waals surface area contributed by atoms with Gasteiger partial charge in [0.2, 0.25) is 0 Å². The molecule has 1 N–H and O–H groups in total. The summed E-state index contributed by atoms with van der Waals surface area (Å²) in [4.78, 5) is 42.4. The molecule has 27 heavy (non-hydrogen) atoms. The standard InChI is InChI=1S/C20H21N3O4/c1-2-27-20(26)14-5-7-16(8-6-14)22-18(24)15-9-10-21-17(13-15)19(25)23-11-3-4-12-23/h5-10,13H,2-4,11-12H2,1H3,(H,22,24). The van der Waals surface area contributed by atoms with Gasteiger partial charge in [0.25, 0.3) is 11.8 Å². The molecule has 1 aromatic heterocycles. The quantitative estimate of drug-likeness (QED) is 0.821. The molecule has 0 saturated carbocycles. The van der Waals surface area contributed by atoms with E-state index in [4.69, 9.17) is 4.74 Å². The average molecular weight is 367 g/mol. The van der Waals surface area contributed by atoms with Crippen LogP contribution < -0.4 is 5.32 Å². The van der Waals surface area contributed by atoms with E-state index in [0.29, 0.717) is 23.4 Å². The van der Waals surface area contributed by atoms with Gasteiger partial charge in [0.05, 0.1) is 12.2 Å². The maximum atomic E-state index is 12.5. The van der Waals surface area contributed by atoms with Crippen molar-refractivity contribution in [3.63, 3.8) is 0 Å². The zero-order chi connectivity index (χ0) is 19.2. The molecular weight excluding hydrogens is 346 g/mol. The third-order valence-corrected chi connectivity index (χ3v) is 4.29. The predicted molar refractivity (Wildman–Crippen MR) is 99.7 cm³/mol. The van der Waals surface area contributed by atoms with Gasteiger partial charge in [-0.1, -0.05) is 0 Å². The van der Waals surface area contributed by atoms with Crippen LogP contribution in [0.2, 0.25) is 0 Å². The number of esters is 1. The summed E-state index contributed by atoms with van der Waals surface area (Å²) >= 11 is 0. The molecule has 7 heteroatoms. The van der Waals surface area contributed by atoms with Crippen LogP contribution in [0.25, 0.3) is 0 Å². The van der Waals surface area contributed by atoms with Crippen molar-refractivity contribution in [2.24, 2.45) is 0 Å². The van der Waals surface area contributed by atoms with Crippen molar-refractivity contribution in [3.05, 3.63) is 59.4 Å². The summed E-state index contributed by atoms with van der Waals surface area (Å²) < 4.78 is 4.93. The lowest BCUT2D eigenvalue weighted by Crippen LogP contribution is -2.28. The fourth-order valence-corrected chi connectivity index (χ4v) is 2.88. The maximum absolute atomic E-state index is 12.5. The zero-order valence-corrected chi connectivity index (χ0v) is 15.1. The number of ether oxygens (including phenoxy) is 1. The molecule has 3 rings (SSSR count). The van der Waals surface area contributed by atoms with Crippen LogP contribution in [-0.2, 0) is 4.74 Å². The number of rotatable bonds is 5. The summed E-state index contributed by atoms with van der Waals surface area (Å²) in [6.45, 7) is 3.50. The van der Waals surface area contributed by atoms with E-state index in [0.717, 1.165) is 25.9 Å². The van der Waals surface area contributed by atoms with Gasteiger partial charge < -0.3 is 15.0 Å². The Kier molecular flexibility index (Phi) is 5.80. The molecule has 2 amide bonds. The first-order valence-corrected chi connectivity index (χ1v) is 8.92. The molecule has 0 bridgehead atoms. The van der Waals surface area contributed by atoms with Crippen molar-refractivity contribution >= 4 is 23.5 Å². The SMILES string of the molecule is CCOC(=O)c1ccc(NC(=O)c2ccnc(C(=O)N3CCCC3)c2)cc1. The van der Waals surface area contributed by atoms with Crippen molar-refractivity contribution in [3.8, 4) is 0 Å². The van der Waals surface area contributed by atoms with Gasteiger partial charge in [-0.2, -0.15) is 0 Å². The molecule has 2 heterocycles. The highest BCUT2D eigenvalue weighted by atomic mass is 16.5. The first-order chi connectivity index (χ1) is 13.1. The van der Waals surface area contributed by atoms with Gasteiger partial charge in [-0.05, 0) is 56.2 Å². The fourth-order valence-electron chi connectivity index (χ4n) is 2.88. The molecule has 0 unspecified atom stereocenters. The number of hydrogen-bond acceptors (Lipinski definition) is 5. The van der Waals surface area contributed by atoms with Gasteiger partial charge in [0.15, 0.2) is 0 Å². The number of anilines is 1. The van der Waals surface area contributed by atoms with Crippen molar-refractivity contribution in [2.45, 2.75) is 19.8 Å². The number of carbonyl (C=O) groups is 3. The fraction of sp³-hybridized carbons (Fsp3) is 0.300. The van der Waals surface area contributed by atoms with E-state index in [1.54, 1.807) is 42.2 Å². The van der Waals surface area contributed by atoms with Crippen molar-refractivity contribution in [2.75, 3.05) is 25.0 Å². The van der Waals surface area contributed by atoms with Gasteiger partial charge >= 0.3 is 5.97 Å². The van der Waals surface area contributed by atoms with E-state index in [-0.39, 0.29) is 17.5 Å². The highest BCUT2D eigenvalue weighted by molar-refractivity contribution is 6.05. The van der Waals surface area contributed by atoms with E-state index in [9.17, 15) is 14.4 Å². The molecule has 0 radical (unpaired) electrons. The van der Waals surface area contributed by atoms with Crippen LogP contribution in [0.5, 0.6) is 0 Å². The number of hydrogen-bond donors (Lipinski definition) is 1. The minimum Gasteiger partial charge on any atom is -0.462 e. The number of nitrogens with zero attached hydrogens (tertiary/aromatic N) is 2. The van der Waals surface area contributed by atoms with Gasteiger partial charge in [-0.25, -0.2) is 4.79 Å². The Labute approximate surface area is 157 Å². The van der Waals surface area contributed by atoms with E-state index < -0.39 is 5.97 Å². The number of pyridine rings is 1. The zero-order valence-electron chi connectivity index (χ0n) is 15.1. The largest absolute Gasteiger partial charge is 0.462 e. The number of carbonyl (C=O) groups excluding carboxylic acids is 3. The molecule has 1 aliphatic rings. The minimum atomic E-state index is -0.408. The number of benzene rings is 1. The second-order valence-corrected chi connectivity index (χ2v) is 6.18. The molecule has 1 aromatic carbocycles. The molecule has 0 spiro atoms. The summed E-state index contributed by atoms with van der Waals surface area (Å²) in [6.07, 6.45) is 3.45. The lowest BCUT2D eigenvalue weighted by Gasteiger charge is -2.14. The van der Waals surface area contributed by atoms with Crippen LogP contribution in [0.1, 0.15) is 51.0 Å². The monoisotopic (exact) mass is 367 g/mol. The van der Waals surface area contributed by atoms with E-state index >= 15 is 0 Å². The molecule has 1 fully saturated rings. The number of likely N-dealkylation sites (tertiary alicyclic amines) is 1. The van der Waals surface area contributed by atoms with Crippen LogP contribution in [0.3, 0.4) is 0 Å². The molecule has 1 aliphatic heterocycles. The van der Waals surface area contributed by atoms with Crippen LogP contribution in [0, 0.1) is 0 Å². The van der Waals surface area contributed by atoms with Crippen LogP contribution in [0.15, 0.2) is 42.6 Å². The Morgan fingerprint density at radius 1 is 1.07 bits per heavy atom. The number of nitrogens with one attached hydrogen (secondary N) is 1. The van der Waals surface area contributed by atoms with Crippen LogP contribution >= 0.6 is 0 Å². The van der Waals surface area contributed by atoms with E-state index in [2.05, 4.69) is 10.3 Å². The highest BCUT2D eigenvalue weighted by Gasteiger charge is 2.21. The Morgan fingerprint density at radius 3 is 2.44 bits per heavy atom. The van der Waals surface area contributed by atoms with E-state index in [1.807, 2.05) is 0 Å². The van der Waals surface area contributed by atoms with Crippen LogP contribution in [0.4, 0.5) is 5.69 Å². The number of amides is 2. The second kappa shape index (κ2) is 8.44. The Bertz CT molecular complexity index is 843. The van der Waals surface area contributed by atoms with E-state index in [1.165, 1.54) is 12.3 Å². The average Bonchev–Trinajstić information content (AvgIpc) is 3.23. The summed E-state index contributed by atoms with van der Waals surface area (Å²) in [5, 5.41) is 2.75. The van der Waals surface area contributed by atoms with Crippen LogP contribution in [-0.4, -0.2) is 47.4 Å². The molecule has 0 atom stereocenters. The van der Waals surface area contributed by atoms with Crippen molar-refractivity contribution < 1.29 is 19.1 Å². The van der Waals surface area contributed by atoms with Gasteiger partial charge in [-0.15, -0.1) is 0 Å². The molecule has 140 valence electrons. The smallest absolute Gasteiger partial charge is 0.338 e. The first-order valence-electron chi connectivity index (χ1n) is 8.92. The van der Waals surface area contributed by atoms with Gasteiger partial charge in [-0.3, -0.25) is 14.6 Å². The first kappa shape index (κ1) is 18.6. The predicted octanol–water partition coefficient (Wildman–Crippen LogP) is 2.75. The normalized spacial score (nSPS) is 13.3. The highest BCUT2D eigenvalue weighted by Crippen LogP contribution is 2.15. The topological polar surface area (TPSA) is 88.6 Å². The number of aromatic nitrogens is 1. The lowest BCUT2D eigenvalue weighted by molar-refractivity contribution is 0.0526. The van der Waals surface area contributed by atoms with Gasteiger partial charge in [0, 0.05) is 30.5 Å². The second-order valence-electron chi connectivity index (χ2n) is 6.18. The molecular formula is C20H21N3O4. The molecule has 2 aromatic rings.